The number of carbonyl (C=O) groups excluding carboxylic acids is 1. The fraction of sp³-hybridized carbons (Fsp3) is 0.211. The summed E-state index contributed by atoms with van der Waals surface area (Å²) in [6.45, 7) is 3.59. The van der Waals surface area contributed by atoms with Crippen molar-refractivity contribution in [3.05, 3.63) is 65.5 Å². The number of hydrogen-bond donors (Lipinski definition) is 1. The quantitative estimate of drug-likeness (QED) is 0.663. The van der Waals surface area contributed by atoms with Crippen LogP contribution < -0.4 is 5.32 Å². The first kappa shape index (κ1) is 20.2. The van der Waals surface area contributed by atoms with E-state index in [9.17, 15) is 18.0 Å². The summed E-state index contributed by atoms with van der Waals surface area (Å²) in [5.74, 6) is 0.386. The Labute approximate surface area is 164 Å². The lowest BCUT2D eigenvalue weighted by molar-refractivity contribution is -0.137. The summed E-state index contributed by atoms with van der Waals surface area (Å²) in [5.41, 5.74) is 0.675. The molecule has 0 fully saturated rings. The Morgan fingerprint density at radius 2 is 1.86 bits per heavy atom. The maximum Gasteiger partial charge on any atom is 0.416 e. The van der Waals surface area contributed by atoms with Gasteiger partial charge >= 0.3 is 6.18 Å². The smallest absolute Gasteiger partial charge is 0.348 e. The normalized spacial score (nSPS) is 11.8. The maximum absolute atomic E-state index is 13.0. The molecule has 0 aliphatic heterocycles. The SMILES string of the molecule is Cc1cc(-c2ncn(/C=C\C(=O)NCc3cnc(C)nc3)n2)cc(C(F)(F)F)c1. The van der Waals surface area contributed by atoms with Gasteiger partial charge < -0.3 is 5.32 Å². The molecule has 2 heterocycles. The molecule has 10 heteroatoms. The third-order valence-electron chi connectivity index (χ3n) is 3.85. The molecule has 0 bridgehead atoms. The summed E-state index contributed by atoms with van der Waals surface area (Å²) in [4.78, 5) is 24.0. The number of amides is 1. The second-order valence-corrected chi connectivity index (χ2v) is 6.31. The van der Waals surface area contributed by atoms with Crippen LogP contribution in [0.15, 0.2) is 43.0 Å². The van der Waals surface area contributed by atoms with Crippen LogP contribution in [0.2, 0.25) is 0 Å². The zero-order valence-corrected chi connectivity index (χ0v) is 15.6. The van der Waals surface area contributed by atoms with Crippen LogP contribution in [0.4, 0.5) is 13.2 Å². The molecule has 1 amide bonds. The van der Waals surface area contributed by atoms with Crippen LogP contribution in [0.1, 0.15) is 22.5 Å². The van der Waals surface area contributed by atoms with Gasteiger partial charge in [0.1, 0.15) is 12.2 Å². The molecule has 150 valence electrons. The summed E-state index contributed by atoms with van der Waals surface area (Å²) in [7, 11) is 0. The zero-order valence-electron chi connectivity index (χ0n) is 15.6. The van der Waals surface area contributed by atoms with Gasteiger partial charge in [0.2, 0.25) is 5.91 Å². The number of nitrogens with one attached hydrogen (secondary N) is 1. The third-order valence-corrected chi connectivity index (χ3v) is 3.85. The van der Waals surface area contributed by atoms with E-state index in [0.29, 0.717) is 11.4 Å². The van der Waals surface area contributed by atoms with Gasteiger partial charge in [-0.05, 0) is 37.6 Å². The average molecular weight is 402 g/mol. The van der Waals surface area contributed by atoms with E-state index in [1.165, 1.54) is 23.3 Å². The fourth-order valence-electron chi connectivity index (χ4n) is 2.46. The highest BCUT2D eigenvalue weighted by Crippen LogP contribution is 2.32. The minimum Gasteiger partial charge on any atom is -0.348 e. The molecule has 0 aliphatic rings. The van der Waals surface area contributed by atoms with Crippen molar-refractivity contribution in [2.45, 2.75) is 26.6 Å². The summed E-state index contributed by atoms with van der Waals surface area (Å²) >= 11 is 0. The average Bonchev–Trinajstić information content (AvgIpc) is 3.14. The van der Waals surface area contributed by atoms with Crippen molar-refractivity contribution in [1.82, 2.24) is 30.0 Å². The summed E-state index contributed by atoms with van der Waals surface area (Å²) in [6.07, 6.45) is 2.69. The molecule has 0 spiro atoms. The topological polar surface area (TPSA) is 85.6 Å². The van der Waals surface area contributed by atoms with E-state index in [4.69, 9.17) is 0 Å². The number of benzene rings is 1. The molecule has 0 radical (unpaired) electrons. The van der Waals surface area contributed by atoms with E-state index in [1.807, 2.05) is 0 Å². The second kappa shape index (κ2) is 8.21. The van der Waals surface area contributed by atoms with Crippen LogP contribution in [0, 0.1) is 13.8 Å². The monoisotopic (exact) mass is 402 g/mol. The second-order valence-electron chi connectivity index (χ2n) is 6.31. The maximum atomic E-state index is 13.0. The van der Waals surface area contributed by atoms with Crippen LogP contribution in [0.5, 0.6) is 0 Å². The first-order valence-electron chi connectivity index (χ1n) is 8.55. The molecule has 7 nitrogen and oxygen atoms in total. The van der Waals surface area contributed by atoms with Gasteiger partial charge in [0.25, 0.3) is 0 Å². The summed E-state index contributed by atoms with van der Waals surface area (Å²) in [6, 6.07) is 3.62. The first-order chi connectivity index (χ1) is 13.7. The Bertz CT molecular complexity index is 1040. The lowest BCUT2D eigenvalue weighted by Crippen LogP contribution is -2.20. The molecule has 1 N–H and O–H groups in total. The molecular weight excluding hydrogens is 385 g/mol. The highest BCUT2D eigenvalue weighted by molar-refractivity contribution is 5.89. The van der Waals surface area contributed by atoms with Gasteiger partial charge in [-0.25, -0.2) is 19.6 Å². The summed E-state index contributed by atoms with van der Waals surface area (Å²) in [5, 5.41) is 6.76. The van der Waals surface area contributed by atoms with Crippen molar-refractivity contribution < 1.29 is 18.0 Å². The minimum atomic E-state index is -4.45. The Kier molecular flexibility index (Phi) is 5.71. The highest BCUT2D eigenvalue weighted by atomic mass is 19.4. The Hall–Kier alpha value is -3.56. The minimum absolute atomic E-state index is 0.126. The van der Waals surface area contributed by atoms with Gasteiger partial charge in [-0.3, -0.25) is 4.79 Å². The van der Waals surface area contributed by atoms with Crippen LogP contribution in [-0.2, 0) is 17.5 Å². The first-order valence-corrected chi connectivity index (χ1v) is 8.55. The molecule has 0 unspecified atom stereocenters. The largest absolute Gasteiger partial charge is 0.416 e. The number of rotatable bonds is 5. The summed E-state index contributed by atoms with van der Waals surface area (Å²) < 4.78 is 40.2. The lowest BCUT2D eigenvalue weighted by Gasteiger charge is -2.09. The Morgan fingerprint density at radius 3 is 2.55 bits per heavy atom. The van der Waals surface area contributed by atoms with Crippen molar-refractivity contribution in [3.63, 3.8) is 0 Å². The standard InChI is InChI=1S/C19H17F3N6O/c1-12-5-15(7-16(6-12)19(20,21)22)18-26-11-28(27-18)4-3-17(29)25-10-14-8-23-13(2)24-9-14/h3-9,11H,10H2,1-2H3,(H,25,29)/b4-3-. The highest BCUT2D eigenvalue weighted by Gasteiger charge is 2.31. The lowest BCUT2D eigenvalue weighted by atomic mass is 10.1. The van der Waals surface area contributed by atoms with E-state index >= 15 is 0 Å². The molecule has 0 aliphatic carbocycles. The van der Waals surface area contributed by atoms with Gasteiger partial charge in [0.05, 0.1) is 5.56 Å². The number of aryl methyl sites for hydroxylation is 2. The van der Waals surface area contributed by atoms with Crippen molar-refractivity contribution in [2.24, 2.45) is 0 Å². The van der Waals surface area contributed by atoms with Crippen molar-refractivity contribution in [2.75, 3.05) is 0 Å². The number of halogens is 3. The fourth-order valence-corrected chi connectivity index (χ4v) is 2.46. The van der Waals surface area contributed by atoms with Crippen LogP contribution in [-0.4, -0.2) is 30.6 Å². The molecule has 0 saturated heterocycles. The molecular formula is C19H17F3N6O. The molecule has 3 aromatic rings. The van der Waals surface area contributed by atoms with Gasteiger partial charge in [-0.15, -0.1) is 5.10 Å². The van der Waals surface area contributed by atoms with E-state index in [0.717, 1.165) is 17.7 Å². The predicted octanol–water partition coefficient (Wildman–Crippen LogP) is 3.16. The van der Waals surface area contributed by atoms with Crippen LogP contribution in [0.25, 0.3) is 17.6 Å². The Morgan fingerprint density at radius 1 is 1.14 bits per heavy atom. The number of nitrogens with zero attached hydrogens (tertiary/aromatic N) is 5. The van der Waals surface area contributed by atoms with Gasteiger partial charge in [0, 0.05) is 42.3 Å². The van der Waals surface area contributed by atoms with E-state index in [2.05, 4.69) is 25.4 Å². The number of carbonyl (C=O) groups is 1. The van der Waals surface area contributed by atoms with Crippen molar-refractivity contribution >= 4 is 12.1 Å². The number of hydrogen-bond acceptors (Lipinski definition) is 5. The Balaban J connectivity index is 1.66. The van der Waals surface area contributed by atoms with Crippen molar-refractivity contribution in [3.8, 4) is 11.4 Å². The van der Waals surface area contributed by atoms with Crippen molar-refractivity contribution in [1.29, 1.82) is 0 Å². The predicted molar refractivity (Wildman–Crippen MR) is 99.1 cm³/mol. The molecule has 3 rings (SSSR count). The van der Waals surface area contributed by atoms with E-state index < -0.39 is 11.7 Å². The van der Waals surface area contributed by atoms with Gasteiger partial charge in [-0.2, -0.15) is 13.2 Å². The molecule has 2 aromatic heterocycles. The number of alkyl halides is 3. The van der Waals surface area contributed by atoms with Crippen LogP contribution >= 0.6 is 0 Å². The van der Waals surface area contributed by atoms with Gasteiger partial charge in [0.15, 0.2) is 5.82 Å². The molecule has 29 heavy (non-hydrogen) atoms. The number of aromatic nitrogens is 5. The zero-order chi connectivity index (χ0) is 21.0. The van der Waals surface area contributed by atoms with Crippen LogP contribution in [0.3, 0.4) is 0 Å². The third kappa shape index (κ3) is 5.47. The van der Waals surface area contributed by atoms with Gasteiger partial charge in [-0.1, -0.05) is 0 Å². The molecule has 0 atom stereocenters. The molecule has 1 aromatic carbocycles. The van der Waals surface area contributed by atoms with E-state index in [1.54, 1.807) is 32.3 Å². The van der Waals surface area contributed by atoms with E-state index in [-0.39, 0.29) is 23.8 Å². The molecule has 0 saturated carbocycles.